The lowest BCUT2D eigenvalue weighted by atomic mass is 9.99. The zero-order chi connectivity index (χ0) is 19.2. The Morgan fingerprint density at radius 3 is 2.62 bits per heavy atom. The quantitative estimate of drug-likeness (QED) is 0.665. The van der Waals surface area contributed by atoms with Crippen molar-refractivity contribution in [2.75, 3.05) is 11.9 Å². The number of carbonyl (C=O) groups excluding carboxylic acids is 2. The Balaban J connectivity index is 1.93. The standard InChI is InChI=1S/C18H20N2O6/c1-3-18(2,17(23)24)20-15(21)11-26-13-7-4-6-12(10-13)19-16(22)14-8-5-9-25-14/h4-10H,3,11H2,1-2H3,(H,19,22)(H,20,21)(H,23,24). The van der Waals surface area contributed by atoms with Crippen LogP contribution in [0, 0.1) is 0 Å². The molecule has 1 atom stereocenters. The Morgan fingerprint density at radius 2 is 2.00 bits per heavy atom. The summed E-state index contributed by atoms with van der Waals surface area (Å²) in [6, 6.07) is 9.61. The molecule has 0 bridgehead atoms. The molecule has 8 heteroatoms. The Hall–Kier alpha value is -3.29. The second-order valence-corrected chi connectivity index (χ2v) is 5.79. The molecule has 0 aliphatic carbocycles. The molecule has 1 heterocycles. The number of carboxylic acids is 1. The van der Waals surface area contributed by atoms with Crippen LogP contribution in [0.2, 0.25) is 0 Å². The zero-order valence-electron chi connectivity index (χ0n) is 14.4. The Labute approximate surface area is 150 Å². The van der Waals surface area contributed by atoms with E-state index >= 15 is 0 Å². The van der Waals surface area contributed by atoms with Gasteiger partial charge in [0.1, 0.15) is 11.3 Å². The molecule has 0 radical (unpaired) electrons. The number of ether oxygens (including phenoxy) is 1. The predicted molar refractivity (Wildman–Crippen MR) is 93.1 cm³/mol. The number of hydrogen-bond donors (Lipinski definition) is 3. The van der Waals surface area contributed by atoms with E-state index in [0.29, 0.717) is 11.4 Å². The number of benzene rings is 1. The number of hydrogen-bond acceptors (Lipinski definition) is 5. The van der Waals surface area contributed by atoms with Crippen LogP contribution < -0.4 is 15.4 Å². The maximum atomic E-state index is 11.9. The zero-order valence-corrected chi connectivity index (χ0v) is 14.4. The van der Waals surface area contributed by atoms with E-state index in [2.05, 4.69) is 10.6 Å². The normalized spacial score (nSPS) is 12.7. The van der Waals surface area contributed by atoms with Crippen LogP contribution in [0.4, 0.5) is 5.69 Å². The molecule has 138 valence electrons. The van der Waals surface area contributed by atoms with Crippen molar-refractivity contribution in [1.82, 2.24) is 5.32 Å². The summed E-state index contributed by atoms with van der Waals surface area (Å²) < 4.78 is 10.4. The summed E-state index contributed by atoms with van der Waals surface area (Å²) in [6.45, 7) is 2.75. The smallest absolute Gasteiger partial charge is 0.329 e. The third-order valence-corrected chi connectivity index (χ3v) is 3.80. The molecule has 0 saturated carbocycles. The monoisotopic (exact) mass is 360 g/mol. The lowest BCUT2D eigenvalue weighted by molar-refractivity contribution is -0.147. The molecule has 2 rings (SSSR count). The Kier molecular flexibility index (Phi) is 6.00. The molecule has 0 aliphatic heterocycles. The van der Waals surface area contributed by atoms with Gasteiger partial charge in [-0.15, -0.1) is 0 Å². The molecular formula is C18H20N2O6. The van der Waals surface area contributed by atoms with Crippen LogP contribution >= 0.6 is 0 Å². The van der Waals surface area contributed by atoms with Crippen LogP contribution in [-0.4, -0.2) is 35.0 Å². The molecule has 2 aromatic rings. The number of aliphatic carboxylic acids is 1. The van der Waals surface area contributed by atoms with Crippen molar-refractivity contribution in [3.05, 3.63) is 48.4 Å². The minimum absolute atomic E-state index is 0.170. The van der Waals surface area contributed by atoms with E-state index in [9.17, 15) is 14.4 Å². The minimum Gasteiger partial charge on any atom is -0.484 e. The van der Waals surface area contributed by atoms with Gasteiger partial charge in [0, 0.05) is 11.8 Å². The fraction of sp³-hybridized carbons (Fsp3) is 0.278. The fourth-order valence-corrected chi connectivity index (χ4v) is 2.05. The van der Waals surface area contributed by atoms with Gasteiger partial charge in [0.2, 0.25) is 0 Å². The molecule has 0 spiro atoms. The van der Waals surface area contributed by atoms with E-state index in [4.69, 9.17) is 14.3 Å². The fourth-order valence-electron chi connectivity index (χ4n) is 2.05. The average molecular weight is 360 g/mol. The molecule has 8 nitrogen and oxygen atoms in total. The van der Waals surface area contributed by atoms with Crippen molar-refractivity contribution in [3.63, 3.8) is 0 Å². The summed E-state index contributed by atoms with van der Waals surface area (Å²) >= 11 is 0. The van der Waals surface area contributed by atoms with Gasteiger partial charge in [-0.2, -0.15) is 0 Å². The predicted octanol–water partition coefficient (Wildman–Crippen LogP) is 2.28. The maximum Gasteiger partial charge on any atom is 0.329 e. The lowest BCUT2D eigenvalue weighted by Crippen LogP contribution is -2.53. The highest BCUT2D eigenvalue weighted by atomic mass is 16.5. The first-order valence-corrected chi connectivity index (χ1v) is 7.96. The minimum atomic E-state index is -1.35. The van der Waals surface area contributed by atoms with Gasteiger partial charge in [-0.3, -0.25) is 9.59 Å². The van der Waals surface area contributed by atoms with Crippen molar-refractivity contribution in [1.29, 1.82) is 0 Å². The van der Waals surface area contributed by atoms with E-state index in [1.54, 1.807) is 37.3 Å². The van der Waals surface area contributed by atoms with Gasteiger partial charge in [-0.05, 0) is 37.6 Å². The third kappa shape index (κ3) is 4.85. The molecule has 0 aliphatic rings. The van der Waals surface area contributed by atoms with Gasteiger partial charge in [-0.1, -0.05) is 13.0 Å². The topological polar surface area (TPSA) is 118 Å². The first-order chi connectivity index (χ1) is 12.3. The van der Waals surface area contributed by atoms with Gasteiger partial charge < -0.3 is 24.9 Å². The molecule has 1 aromatic carbocycles. The van der Waals surface area contributed by atoms with Crippen LogP contribution in [0.3, 0.4) is 0 Å². The SMILES string of the molecule is CCC(C)(NC(=O)COc1cccc(NC(=O)c2ccco2)c1)C(=O)O. The first kappa shape index (κ1) is 19.0. The van der Waals surface area contributed by atoms with Crippen LogP contribution in [-0.2, 0) is 9.59 Å². The van der Waals surface area contributed by atoms with Crippen molar-refractivity contribution in [2.24, 2.45) is 0 Å². The van der Waals surface area contributed by atoms with Crippen molar-refractivity contribution in [2.45, 2.75) is 25.8 Å². The summed E-state index contributed by atoms with van der Waals surface area (Å²) in [6.07, 6.45) is 1.64. The maximum absolute atomic E-state index is 11.9. The summed E-state index contributed by atoms with van der Waals surface area (Å²) in [7, 11) is 0. The van der Waals surface area contributed by atoms with Crippen LogP contribution in [0.15, 0.2) is 47.1 Å². The lowest BCUT2D eigenvalue weighted by Gasteiger charge is -2.24. The Morgan fingerprint density at radius 1 is 1.23 bits per heavy atom. The van der Waals surface area contributed by atoms with Crippen LogP contribution in [0.1, 0.15) is 30.8 Å². The summed E-state index contributed by atoms with van der Waals surface area (Å²) in [5, 5.41) is 14.2. The summed E-state index contributed by atoms with van der Waals surface area (Å²) in [5.41, 5.74) is -0.882. The number of rotatable bonds is 8. The van der Waals surface area contributed by atoms with Gasteiger partial charge in [0.05, 0.1) is 6.26 Å². The molecule has 0 saturated heterocycles. The molecule has 26 heavy (non-hydrogen) atoms. The highest BCUT2D eigenvalue weighted by Crippen LogP contribution is 2.18. The molecule has 1 aromatic heterocycles. The second-order valence-electron chi connectivity index (χ2n) is 5.79. The summed E-state index contributed by atoms with van der Waals surface area (Å²) in [5.74, 6) is -1.56. The number of carbonyl (C=O) groups is 3. The van der Waals surface area contributed by atoms with Crippen molar-refractivity contribution >= 4 is 23.5 Å². The number of amides is 2. The van der Waals surface area contributed by atoms with Crippen molar-refractivity contribution < 1.29 is 28.6 Å². The first-order valence-electron chi connectivity index (χ1n) is 7.96. The van der Waals surface area contributed by atoms with E-state index in [1.807, 2.05) is 0 Å². The van der Waals surface area contributed by atoms with Gasteiger partial charge >= 0.3 is 5.97 Å². The molecule has 0 fully saturated rings. The highest BCUT2D eigenvalue weighted by molar-refractivity contribution is 6.02. The number of nitrogens with one attached hydrogen (secondary N) is 2. The highest BCUT2D eigenvalue weighted by Gasteiger charge is 2.32. The van der Waals surface area contributed by atoms with Gasteiger partial charge in [-0.25, -0.2) is 4.79 Å². The molecule has 3 N–H and O–H groups in total. The molecular weight excluding hydrogens is 340 g/mol. The van der Waals surface area contributed by atoms with Gasteiger partial charge in [0.25, 0.3) is 11.8 Å². The third-order valence-electron chi connectivity index (χ3n) is 3.80. The molecule has 2 amide bonds. The summed E-state index contributed by atoms with van der Waals surface area (Å²) in [4.78, 5) is 35.1. The number of carboxylic acid groups (broad SMARTS) is 1. The van der Waals surface area contributed by atoms with Crippen molar-refractivity contribution in [3.8, 4) is 5.75 Å². The van der Waals surface area contributed by atoms with Crippen LogP contribution in [0.5, 0.6) is 5.75 Å². The number of anilines is 1. The van der Waals surface area contributed by atoms with Crippen LogP contribution in [0.25, 0.3) is 0 Å². The average Bonchev–Trinajstić information content (AvgIpc) is 3.15. The van der Waals surface area contributed by atoms with E-state index in [0.717, 1.165) is 0 Å². The second kappa shape index (κ2) is 8.19. The number of furan rings is 1. The Bertz CT molecular complexity index is 787. The molecule has 1 unspecified atom stereocenters. The van der Waals surface area contributed by atoms with E-state index < -0.39 is 23.3 Å². The largest absolute Gasteiger partial charge is 0.484 e. The van der Waals surface area contributed by atoms with E-state index in [-0.39, 0.29) is 18.8 Å². The van der Waals surface area contributed by atoms with Gasteiger partial charge in [0.15, 0.2) is 12.4 Å². The van der Waals surface area contributed by atoms with E-state index in [1.165, 1.54) is 19.3 Å².